The molecule has 1 rings (SSSR count). The van der Waals surface area contributed by atoms with Crippen LogP contribution in [0.2, 0.25) is 0 Å². The fourth-order valence-electron chi connectivity index (χ4n) is 2.17. The second-order valence-electron chi connectivity index (χ2n) is 4.80. The molecule has 1 aromatic carbocycles. The van der Waals surface area contributed by atoms with Crippen molar-refractivity contribution in [3.63, 3.8) is 0 Å². The van der Waals surface area contributed by atoms with Gasteiger partial charge in [-0.3, -0.25) is 0 Å². The highest BCUT2D eigenvalue weighted by atomic mass is 14.1. The van der Waals surface area contributed by atoms with Crippen LogP contribution in [-0.4, -0.2) is 0 Å². The van der Waals surface area contributed by atoms with Crippen molar-refractivity contribution in [2.75, 3.05) is 0 Å². The molecule has 0 heteroatoms. The second kappa shape index (κ2) is 8.11. The summed E-state index contributed by atoms with van der Waals surface area (Å²) in [4.78, 5) is 0. The molecule has 0 atom stereocenters. The number of hydrogen-bond acceptors (Lipinski definition) is 0. The van der Waals surface area contributed by atoms with Gasteiger partial charge in [-0.1, -0.05) is 51.0 Å². The van der Waals surface area contributed by atoms with E-state index in [1.807, 2.05) is 6.08 Å². The Hall–Kier alpha value is -1.04. The van der Waals surface area contributed by atoms with Gasteiger partial charge in [-0.15, -0.1) is 6.58 Å². The van der Waals surface area contributed by atoms with Gasteiger partial charge < -0.3 is 0 Å². The Morgan fingerprint density at radius 2 is 1.71 bits per heavy atom. The molecule has 0 aromatic heterocycles. The van der Waals surface area contributed by atoms with Gasteiger partial charge in [0.25, 0.3) is 0 Å². The third-order valence-corrected chi connectivity index (χ3v) is 3.25. The molecule has 0 heterocycles. The third-order valence-electron chi connectivity index (χ3n) is 3.25. The van der Waals surface area contributed by atoms with Gasteiger partial charge in [-0.25, -0.2) is 0 Å². The first-order valence-electron chi connectivity index (χ1n) is 7.03. The van der Waals surface area contributed by atoms with Crippen LogP contribution in [0.4, 0.5) is 0 Å². The van der Waals surface area contributed by atoms with E-state index in [9.17, 15) is 0 Å². The van der Waals surface area contributed by atoms with Crippen LogP contribution < -0.4 is 0 Å². The van der Waals surface area contributed by atoms with Gasteiger partial charge >= 0.3 is 0 Å². The smallest absolute Gasteiger partial charge is 0.00973 e. The maximum Gasteiger partial charge on any atom is -0.00973 e. The number of allylic oxidation sites excluding steroid dienone is 1. The zero-order valence-corrected chi connectivity index (χ0v) is 11.5. The summed E-state index contributed by atoms with van der Waals surface area (Å²) in [5.41, 5.74) is 4.50. The Morgan fingerprint density at radius 3 is 2.35 bits per heavy atom. The van der Waals surface area contributed by atoms with Crippen molar-refractivity contribution >= 4 is 0 Å². The van der Waals surface area contributed by atoms with Crippen LogP contribution in [-0.2, 0) is 19.3 Å². The number of hydrogen-bond donors (Lipinski definition) is 0. The average molecular weight is 230 g/mol. The first kappa shape index (κ1) is 14.0. The maximum absolute atomic E-state index is 3.87. The highest BCUT2D eigenvalue weighted by molar-refractivity contribution is 5.33. The summed E-state index contributed by atoms with van der Waals surface area (Å²) in [6, 6.07) is 7.04. The lowest BCUT2D eigenvalue weighted by Crippen LogP contribution is -1.96. The predicted octanol–water partition coefficient (Wildman–Crippen LogP) is 5.10. The van der Waals surface area contributed by atoms with E-state index in [1.54, 1.807) is 0 Å². The van der Waals surface area contributed by atoms with Gasteiger partial charge in [0, 0.05) is 0 Å². The second-order valence-corrected chi connectivity index (χ2v) is 4.80. The molecule has 0 fully saturated rings. The minimum Gasteiger partial charge on any atom is -0.103 e. The van der Waals surface area contributed by atoms with Crippen LogP contribution in [0.15, 0.2) is 30.9 Å². The van der Waals surface area contributed by atoms with Crippen LogP contribution in [0, 0.1) is 0 Å². The van der Waals surface area contributed by atoms with E-state index in [-0.39, 0.29) is 0 Å². The third kappa shape index (κ3) is 4.77. The van der Waals surface area contributed by atoms with Crippen molar-refractivity contribution in [2.24, 2.45) is 0 Å². The van der Waals surface area contributed by atoms with Gasteiger partial charge in [0.1, 0.15) is 0 Å². The topological polar surface area (TPSA) is 0 Å². The molecular formula is C17H26. The molecule has 1 aromatic rings. The lowest BCUT2D eigenvalue weighted by molar-refractivity contribution is 0.780. The van der Waals surface area contributed by atoms with Crippen molar-refractivity contribution in [2.45, 2.75) is 58.8 Å². The molecule has 0 saturated heterocycles. The molecule has 0 bridgehead atoms. The summed E-state index contributed by atoms with van der Waals surface area (Å²) >= 11 is 0. The summed E-state index contributed by atoms with van der Waals surface area (Å²) in [6.07, 6.45) is 10.6. The highest BCUT2D eigenvalue weighted by Gasteiger charge is 2.02. The van der Waals surface area contributed by atoms with Crippen LogP contribution in [0.5, 0.6) is 0 Å². The van der Waals surface area contributed by atoms with Crippen molar-refractivity contribution in [3.05, 3.63) is 47.5 Å². The minimum absolute atomic E-state index is 1.01. The van der Waals surface area contributed by atoms with Crippen LogP contribution in [0.25, 0.3) is 0 Å². The standard InChI is InChI=1S/C17H26/c1-4-7-10-15-12-13-16(11-8-5-2)17(14-15)9-6-3/h6,12-14H,3-5,7-11H2,1-2H3. The molecule has 94 valence electrons. The molecule has 0 aliphatic heterocycles. The summed E-state index contributed by atoms with van der Waals surface area (Å²) in [5, 5.41) is 0. The first-order valence-corrected chi connectivity index (χ1v) is 7.03. The fraction of sp³-hybridized carbons (Fsp3) is 0.529. The van der Waals surface area contributed by atoms with E-state index < -0.39 is 0 Å². The molecule has 0 spiro atoms. The lowest BCUT2D eigenvalue weighted by Gasteiger charge is -2.10. The summed E-state index contributed by atoms with van der Waals surface area (Å²) in [7, 11) is 0. The highest BCUT2D eigenvalue weighted by Crippen LogP contribution is 2.17. The quantitative estimate of drug-likeness (QED) is 0.545. The Morgan fingerprint density at radius 1 is 1.00 bits per heavy atom. The molecule has 17 heavy (non-hydrogen) atoms. The normalized spacial score (nSPS) is 10.5. The first-order chi connectivity index (χ1) is 8.31. The van der Waals surface area contributed by atoms with E-state index in [0.29, 0.717) is 0 Å². The molecule has 0 radical (unpaired) electrons. The SMILES string of the molecule is C=CCc1cc(CCCC)ccc1CCCC. The fourth-order valence-corrected chi connectivity index (χ4v) is 2.17. The van der Waals surface area contributed by atoms with E-state index in [0.717, 1.165) is 6.42 Å². The minimum atomic E-state index is 1.01. The van der Waals surface area contributed by atoms with Gasteiger partial charge in [0.15, 0.2) is 0 Å². The van der Waals surface area contributed by atoms with E-state index in [1.165, 1.54) is 55.2 Å². The zero-order valence-electron chi connectivity index (χ0n) is 11.5. The average Bonchev–Trinajstić information content (AvgIpc) is 2.35. The molecule has 0 saturated carbocycles. The number of rotatable bonds is 8. The van der Waals surface area contributed by atoms with Gasteiger partial charge in [0.05, 0.1) is 0 Å². The molecule has 0 N–H and O–H groups in total. The van der Waals surface area contributed by atoms with Crippen LogP contribution in [0.3, 0.4) is 0 Å². The summed E-state index contributed by atoms with van der Waals surface area (Å²) in [6.45, 7) is 8.37. The summed E-state index contributed by atoms with van der Waals surface area (Å²) in [5.74, 6) is 0. The molecule has 0 aliphatic rings. The maximum atomic E-state index is 3.87. The van der Waals surface area contributed by atoms with Crippen molar-refractivity contribution in [1.82, 2.24) is 0 Å². The number of unbranched alkanes of at least 4 members (excludes halogenated alkanes) is 2. The Balaban J connectivity index is 2.79. The van der Waals surface area contributed by atoms with Gasteiger partial charge in [0.2, 0.25) is 0 Å². The predicted molar refractivity (Wildman–Crippen MR) is 77.6 cm³/mol. The molecule has 0 unspecified atom stereocenters. The molecule has 0 aliphatic carbocycles. The Bertz CT molecular complexity index is 336. The van der Waals surface area contributed by atoms with Crippen LogP contribution in [0.1, 0.15) is 56.2 Å². The number of aryl methyl sites for hydroxylation is 2. The monoisotopic (exact) mass is 230 g/mol. The number of benzene rings is 1. The van der Waals surface area contributed by atoms with E-state index >= 15 is 0 Å². The molecule has 0 amide bonds. The largest absolute Gasteiger partial charge is 0.103 e. The van der Waals surface area contributed by atoms with Crippen molar-refractivity contribution in [1.29, 1.82) is 0 Å². The van der Waals surface area contributed by atoms with Crippen molar-refractivity contribution < 1.29 is 0 Å². The Kier molecular flexibility index (Phi) is 6.69. The molecular weight excluding hydrogens is 204 g/mol. The zero-order chi connectivity index (χ0) is 12.5. The lowest BCUT2D eigenvalue weighted by atomic mass is 9.95. The van der Waals surface area contributed by atoms with E-state index in [4.69, 9.17) is 0 Å². The summed E-state index contributed by atoms with van der Waals surface area (Å²) < 4.78 is 0. The van der Waals surface area contributed by atoms with Gasteiger partial charge in [-0.05, 0) is 48.8 Å². The van der Waals surface area contributed by atoms with Crippen LogP contribution >= 0.6 is 0 Å². The van der Waals surface area contributed by atoms with Crippen molar-refractivity contribution in [3.8, 4) is 0 Å². The Labute approximate surface area is 107 Å². The van der Waals surface area contributed by atoms with E-state index in [2.05, 4.69) is 38.6 Å². The molecule has 0 nitrogen and oxygen atoms in total. The van der Waals surface area contributed by atoms with Gasteiger partial charge in [-0.2, -0.15) is 0 Å².